The first-order chi connectivity index (χ1) is 11.5. The lowest BCUT2D eigenvalue weighted by atomic mass is 10.1. The van der Waals surface area contributed by atoms with Crippen LogP contribution in [0.3, 0.4) is 0 Å². The number of aryl methyl sites for hydroxylation is 1. The van der Waals surface area contributed by atoms with Gasteiger partial charge in [-0.3, -0.25) is 4.79 Å². The number of nitrogens with one attached hydrogen (secondary N) is 1. The van der Waals surface area contributed by atoms with Crippen molar-refractivity contribution in [1.82, 2.24) is 10.5 Å². The Morgan fingerprint density at radius 2 is 2.24 bits per heavy atom. The predicted molar refractivity (Wildman–Crippen MR) is 100.0 cm³/mol. The van der Waals surface area contributed by atoms with Gasteiger partial charge in [0.2, 0.25) is 0 Å². The van der Waals surface area contributed by atoms with E-state index in [2.05, 4.69) is 26.4 Å². The molecular weight excluding hydrogens is 410 g/mol. The van der Waals surface area contributed by atoms with Gasteiger partial charge in [-0.25, -0.2) is 0 Å². The number of benzene rings is 1. The SMILES string of the molecule is Cc1cc(COc2ccc(C(=O)NCC(N)C3CC3)cc2Br)on1.Cl. The van der Waals surface area contributed by atoms with Crippen molar-refractivity contribution < 1.29 is 14.1 Å². The van der Waals surface area contributed by atoms with Gasteiger partial charge in [-0.1, -0.05) is 5.16 Å². The third kappa shape index (κ3) is 5.45. The van der Waals surface area contributed by atoms with E-state index < -0.39 is 0 Å². The number of hydrogen-bond donors (Lipinski definition) is 2. The molecule has 0 saturated heterocycles. The van der Waals surface area contributed by atoms with Crippen LogP contribution in [-0.4, -0.2) is 23.7 Å². The molecule has 1 aliphatic rings. The van der Waals surface area contributed by atoms with Crippen molar-refractivity contribution in [3.63, 3.8) is 0 Å². The number of nitrogens with two attached hydrogens (primary N) is 1. The van der Waals surface area contributed by atoms with E-state index in [0.29, 0.717) is 34.0 Å². The van der Waals surface area contributed by atoms with Crippen LogP contribution >= 0.6 is 28.3 Å². The first-order valence-corrected chi connectivity index (χ1v) is 8.70. The summed E-state index contributed by atoms with van der Waals surface area (Å²) < 4.78 is 11.5. The summed E-state index contributed by atoms with van der Waals surface area (Å²) in [6.45, 7) is 2.64. The fraction of sp³-hybridized carbons (Fsp3) is 0.412. The van der Waals surface area contributed by atoms with Crippen LogP contribution in [0.15, 0.2) is 33.3 Å². The number of hydrogen-bond acceptors (Lipinski definition) is 5. The van der Waals surface area contributed by atoms with Gasteiger partial charge in [0, 0.05) is 24.2 Å². The molecule has 0 spiro atoms. The minimum atomic E-state index is -0.135. The van der Waals surface area contributed by atoms with Crippen LogP contribution in [0, 0.1) is 12.8 Å². The van der Waals surface area contributed by atoms with E-state index in [1.54, 1.807) is 18.2 Å². The van der Waals surface area contributed by atoms with E-state index in [1.165, 1.54) is 12.8 Å². The third-order valence-electron chi connectivity index (χ3n) is 3.97. The van der Waals surface area contributed by atoms with Crippen molar-refractivity contribution >= 4 is 34.2 Å². The first-order valence-electron chi connectivity index (χ1n) is 7.91. The number of halogens is 2. The Balaban J connectivity index is 0.00000225. The zero-order chi connectivity index (χ0) is 17.1. The van der Waals surface area contributed by atoms with Crippen LogP contribution < -0.4 is 15.8 Å². The van der Waals surface area contributed by atoms with Gasteiger partial charge in [-0.2, -0.15) is 0 Å². The fourth-order valence-electron chi connectivity index (χ4n) is 2.40. The Morgan fingerprint density at radius 3 is 2.84 bits per heavy atom. The van der Waals surface area contributed by atoms with E-state index in [9.17, 15) is 4.79 Å². The maximum Gasteiger partial charge on any atom is 0.251 e. The topological polar surface area (TPSA) is 90.4 Å². The average molecular weight is 431 g/mol. The quantitative estimate of drug-likeness (QED) is 0.704. The van der Waals surface area contributed by atoms with Gasteiger partial charge >= 0.3 is 0 Å². The number of carbonyl (C=O) groups is 1. The highest BCUT2D eigenvalue weighted by atomic mass is 79.9. The summed E-state index contributed by atoms with van der Waals surface area (Å²) in [5, 5.41) is 6.69. The molecule has 8 heteroatoms. The Bertz CT molecular complexity index is 734. The zero-order valence-electron chi connectivity index (χ0n) is 13.8. The summed E-state index contributed by atoms with van der Waals surface area (Å²) in [6.07, 6.45) is 2.33. The van der Waals surface area contributed by atoms with Crippen LogP contribution in [-0.2, 0) is 6.61 Å². The largest absolute Gasteiger partial charge is 0.484 e. The van der Waals surface area contributed by atoms with Gasteiger partial charge in [0.1, 0.15) is 12.4 Å². The molecule has 1 unspecified atom stereocenters. The predicted octanol–water partition coefficient (Wildman–Crippen LogP) is 3.21. The Morgan fingerprint density at radius 1 is 1.48 bits per heavy atom. The molecule has 1 saturated carbocycles. The number of carbonyl (C=O) groups excluding carboxylic acids is 1. The lowest BCUT2D eigenvalue weighted by Crippen LogP contribution is -2.38. The van der Waals surface area contributed by atoms with Crippen molar-refractivity contribution in [3.8, 4) is 5.75 Å². The first kappa shape index (κ1) is 19.8. The van der Waals surface area contributed by atoms with Crippen molar-refractivity contribution in [2.45, 2.75) is 32.4 Å². The molecular formula is C17H21BrClN3O3. The van der Waals surface area contributed by atoms with Crippen molar-refractivity contribution in [2.75, 3.05) is 6.54 Å². The van der Waals surface area contributed by atoms with Gasteiger partial charge in [-0.15, -0.1) is 12.4 Å². The molecule has 1 aromatic carbocycles. The maximum absolute atomic E-state index is 12.2. The van der Waals surface area contributed by atoms with Crippen molar-refractivity contribution in [3.05, 3.63) is 45.8 Å². The number of aromatic nitrogens is 1. The minimum Gasteiger partial charge on any atom is -0.484 e. The summed E-state index contributed by atoms with van der Waals surface area (Å²) >= 11 is 3.43. The number of amides is 1. The normalized spacial score (nSPS) is 14.5. The maximum atomic E-state index is 12.2. The smallest absolute Gasteiger partial charge is 0.251 e. The number of ether oxygens (including phenoxy) is 1. The Hall–Kier alpha value is -1.57. The molecule has 1 atom stereocenters. The van der Waals surface area contributed by atoms with E-state index >= 15 is 0 Å². The molecule has 25 heavy (non-hydrogen) atoms. The summed E-state index contributed by atoms with van der Waals surface area (Å²) in [7, 11) is 0. The second kappa shape index (κ2) is 8.69. The molecule has 1 heterocycles. The highest BCUT2D eigenvalue weighted by Crippen LogP contribution is 2.31. The van der Waals surface area contributed by atoms with Crippen LogP contribution in [0.25, 0.3) is 0 Å². The second-order valence-corrected chi connectivity index (χ2v) is 6.93. The minimum absolute atomic E-state index is 0. The summed E-state index contributed by atoms with van der Waals surface area (Å²) in [5.41, 5.74) is 7.37. The highest BCUT2D eigenvalue weighted by molar-refractivity contribution is 9.10. The molecule has 0 radical (unpaired) electrons. The van der Waals surface area contributed by atoms with Gasteiger partial charge in [0.25, 0.3) is 5.91 Å². The van der Waals surface area contributed by atoms with Crippen molar-refractivity contribution in [2.24, 2.45) is 11.7 Å². The van der Waals surface area contributed by atoms with Gasteiger partial charge in [-0.05, 0) is 59.8 Å². The lowest BCUT2D eigenvalue weighted by Gasteiger charge is -2.12. The molecule has 136 valence electrons. The van der Waals surface area contributed by atoms with Crippen LogP contribution in [0.1, 0.15) is 34.7 Å². The summed E-state index contributed by atoms with van der Waals surface area (Å²) in [4.78, 5) is 12.2. The van der Waals surface area contributed by atoms with Gasteiger partial charge in [0.05, 0.1) is 10.2 Å². The molecule has 1 fully saturated rings. The second-order valence-electron chi connectivity index (χ2n) is 6.08. The molecule has 1 aliphatic carbocycles. The molecule has 0 aliphatic heterocycles. The van der Waals surface area contributed by atoms with E-state index in [1.807, 2.05) is 13.0 Å². The molecule has 2 aromatic rings. The summed E-state index contributed by atoms with van der Waals surface area (Å²) in [6, 6.07) is 7.08. The van der Waals surface area contributed by atoms with Gasteiger partial charge < -0.3 is 20.3 Å². The van der Waals surface area contributed by atoms with Gasteiger partial charge in [0.15, 0.2) is 5.76 Å². The molecule has 0 bridgehead atoms. The number of nitrogens with zero attached hydrogens (tertiary/aromatic N) is 1. The Labute approximate surface area is 161 Å². The zero-order valence-corrected chi connectivity index (χ0v) is 16.2. The third-order valence-corrected chi connectivity index (χ3v) is 4.59. The average Bonchev–Trinajstić information content (AvgIpc) is 3.33. The number of rotatable bonds is 7. The van der Waals surface area contributed by atoms with Crippen LogP contribution in [0.5, 0.6) is 5.75 Å². The lowest BCUT2D eigenvalue weighted by molar-refractivity contribution is 0.0950. The molecule has 3 N–H and O–H groups in total. The monoisotopic (exact) mass is 429 g/mol. The summed E-state index contributed by atoms with van der Waals surface area (Å²) in [5.74, 6) is 1.71. The van der Waals surface area contributed by atoms with Crippen LogP contribution in [0.4, 0.5) is 0 Å². The Kier molecular flexibility index (Phi) is 6.87. The van der Waals surface area contributed by atoms with Crippen LogP contribution in [0.2, 0.25) is 0 Å². The molecule has 3 rings (SSSR count). The molecule has 6 nitrogen and oxygen atoms in total. The van der Waals surface area contributed by atoms with E-state index in [-0.39, 0.29) is 31.0 Å². The molecule has 1 amide bonds. The standard InChI is InChI=1S/C17H20BrN3O3.ClH/c1-10-6-13(24-21-10)9-23-16-5-4-12(7-14(16)18)17(22)20-8-15(19)11-2-3-11;/h4-7,11,15H,2-3,8-9,19H2,1H3,(H,20,22);1H. The van der Waals surface area contributed by atoms with E-state index in [4.69, 9.17) is 15.0 Å². The molecule has 1 aromatic heterocycles. The van der Waals surface area contributed by atoms with Crippen molar-refractivity contribution in [1.29, 1.82) is 0 Å². The highest BCUT2D eigenvalue weighted by Gasteiger charge is 2.28. The fourth-order valence-corrected chi connectivity index (χ4v) is 2.89. The van der Waals surface area contributed by atoms with E-state index in [0.717, 1.165) is 5.69 Å².